The monoisotopic (exact) mass is 364 g/mol. The number of ether oxygens (including phenoxy) is 2. The summed E-state index contributed by atoms with van der Waals surface area (Å²) in [7, 11) is 3.20. The zero-order chi connectivity index (χ0) is 19.2. The van der Waals surface area contributed by atoms with E-state index >= 15 is 0 Å². The molecule has 0 fully saturated rings. The molecule has 1 heterocycles. The predicted octanol–water partition coefficient (Wildman–Crippen LogP) is 4.18. The molecule has 7 heteroatoms. The summed E-state index contributed by atoms with van der Waals surface area (Å²) >= 11 is 0. The number of benzene rings is 2. The van der Waals surface area contributed by atoms with Gasteiger partial charge in [0, 0.05) is 23.5 Å². The summed E-state index contributed by atoms with van der Waals surface area (Å²) in [6.45, 7) is 1.53. The van der Waals surface area contributed by atoms with Crippen LogP contribution in [-0.2, 0) is 0 Å². The van der Waals surface area contributed by atoms with Crippen molar-refractivity contribution in [3.63, 3.8) is 0 Å². The molecule has 2 aromatic carbocycles. The highest BCUT2D eigenvalue weighted by atomic mass is 16.5. The smallest absolute Gasteiger partial charge is 0.229 e. The molecular formula is C20H20N4O3. The van der Waals surface area contributed by atoms with Gasteiger partial charge in [-0.1, -0.05) is 12.1 Å². The lowest BCUT2D eigenvalue weighted by Gasteiger charge is -2.13. The number of hydrogen-bond donors (Lipinski definition) is 2. The van der Waals surface area contributed by atoms with Crippen LogP contribution in [0.3, 0.4) is 0 Å². The Labute approximate surface area is 157 Å². The third-order valence-corrected chi connectivity index (χ3v) is 3.85. The van der Waals surface area contributed by atoms with E-state index in [-0.39, 0.29) is 5.78 Å². The zero-order valence-electron chi connectivity index (χ0n) is 15.3. The van der Waals surface area contributed by atoms with Crippen LogP contribution in [0.2, 0.25) is 0 Å². The summed E-state index contributed by atoms with van der Waals surface area (Å²) in [5.41, 5.74) is 2.08. The predicted molar refractivity (Wildman–Crippen MR) is 105 cm³/mol. The maximum atomic E-state index is 11.5. The van der Waals surface area contributed by atoms with Crippen molar-refractivity contribution >= 4 is 28.9 Å². The Morgan fingerprint density at radius 3 is 2.59 bits per heavy atom. The molecule has 7 nitrogen and oxygen atoms in total. The van der Waals surface area contributed by atoms with E-state index in [9.17, 15) is 4.79 Å². The van der Waals surface area contributed by atoms with Gasteiger partial charge in [0.05, 0.1) is 19.9 Å². The lowest BCUT2D eigenvalue weighted by molar-refractivity contribution is 0.101. The first kappa shape index (κ1) is 18.2. The number of Topliss-reactive ketones (excluding diaryl/α,β-unsaturated/α-hetero) is 1. The first-order chi connectivity index (χ1) is 13.1. The molecule has 0 saturated heterocycles. The third-order valence-electron chi connectivity index (χ3n) is 3.85. The molecule has 0 bridgehead atoms. The maximum absolute atomic E-state index is 11.5. The quantitative estimate of drug-likeness (QED) is 0.608. The van der Waals surface area contributed by atoms with Crippen molar-refractivity contribution in [2.24, 2.45) is 0 Å². The van der Waals surface area contributed by atoms with Crippen molar-refractivity contribution in [1.82, 2.24) is 9.97 Å². The van der Waals surface area contributed by atoms with E-state index < -0.39 is 0 Å². The van der Waals surface area contributed by atoms with Crippen LogP contribution in [0.5, 0.6) is 11.5 Å². The van der Waals surface area contributed by atoms with E-state index in [2.05, 4.69) is 20.6 Å². The normalized spacial score (nSPS) is 10.2. The van der Waals surface area contributed by atoms with Crippen LogP contribution in [0.15, 0.2) is 54.7 Å². The van der Waals surface area contributed by atoms with Crippen LogP contribution in [-0.4, -0.2) is 30.0 Å². The molecule has 0 saturated carbocycles. The van der Waals surface area contributed by atoms with Gasteiger partial charge in [-0.3, -0.25) is 4.79 Å². The number of anilines is 4. The number of ketones is 1. The SMILES string of the molecule is COc1ccc(OC)c(Nc2ccnc(Nc3cccc(C(C)=O)c3)n2)c1. The Morgan fingerprint density at radius 2 is 1.85 bits per heavy atom. The fourth-order valence-corrected chi connectivity index (χ4v) is 2.48. The fourth-order valence-electron chi connectivity index (χ4n) is 2.48. The molecular weight excluding hydrogens is 344 g/mol. The number of carbonyl (C=O) groups is 1. The summed E-state index contributed by atoms with van der Waals surface area (Å²) in [6.07, 6.45) is 1.64. The summed E-state index contributed by atoms with van der Waals surface area (Å²) in [5, 5.41) is 6.31. The average Bonchev–Trinajstić information content (AvgIpc) is 2.68. The summed E-state index contributed by atoms with van der Waals surface area (Å²) in [6, 6.07) is 14.4. The van der Waals surface area contributed by atoms with E-state index in [4.69, 9.17) is 9.47 Å². The molecule has 2 N–H and O–H groups in total. The third kappa shape index (κ3) is 4.52. The molecule has 0 aliphatic carbocycles. The molecule has 1 aromatic heterocycles. The highest BCUT2D eigenvalue weighted by Gasteiger charge is 2.08. The first-order valence-corrected chi connectivity index (χ1v) is 8.29. The number of carbonyl (C=O) groups excluding carboxylic acids is 1. The van der Waals surface area contributed by atoms with Crippen molar-refractivity contribution in [2.45, 2.75) is 6.92 Å². The molecule has 27 heavy (non-hydrogen) atoms. The lowest BCUT2D eigenvalue weighted by atomic mass is 10.1. The molecule has 3 rings (SSSR count). The second-order valence-corrected chi connectivity index (χ2v) is 5.72. The minimum absolute atomic E-state index is 0.0000978. The highest BCUT2D eigenvalue weighted by molar-refractivity contribution is 5.95. The average molecular weight is 364 g/mol. The molecule has 138 valence electrons. The second-order valence-electron chi connectivity index (χ2n) is 5.72. The van der Waals surface area contributed by atoms with Gasteiger partial charge in [0.1, 0.15) is 17.3 Å². The van der Waals surface area contributed by atoms with E-state index in [1.807, 2.05) is 30.3 Å². The van der Waals surface area contributed by atoms with Gasteiger partial charge >= 0.3 is 0 Å². The number of hydrogen-bond acceptors (Lipinski definition) is 7. The Morgan fingerprint density at radius 1 is 1.00 bits per heavy atom. The van der Waals surface area contributed by atoms with E-state index in [1.165, 1.54) is 6.92 Å². The molecule has 3 aromatic rings. The summed E-state index contributed by atoms with van der Waals surface area (Å²) in [4.78, 5) is 20.2. The van der Waals surface area contributed by atoms with E-state index in [0.717, 1.165) is 11.4 Å². The van der Waals surface area contributed by atoms with Crippen LogP contribution in [0, 0.1) is 0 Å². The second kappa shape index (κ2) is 8.18. The number of rotatable bonds is 7. The van der Waals surface area contributed by atoms with Gasteiger partial charge in [0.2, 0.25) is 5.95 Å². The van der Waals surface area contributed by atoms with Gasteiger partial charge in [0.25, 0.3) is 0 Å². The molecule has 0 radical (unpaired) electrons. The van der Waals surface area contributed by atoms with Gasteiger partial charge in [-0.2, -0.15) is 4.98 Å². The lowest BCUT2D eigenvalue weighted by Crippen LogP contribution is -2.02. The van der Waals surface area contributed by atoms with Crippen molar-refractivity contribution < 1.29 is 14.3 Å². The molecule has 0 amide bonds. The zero-order valence-corrected chi connectivity index (χ0v) is 15.3. The Hall–Kier alpha value is -3.61. The number of nitrogens with one attached hydrogen (secondary N) is 2. The summed E-state index contributed by atoms with van der Waals surface area (Å²) < 4.78 is 10.6. The number of nitrogens with zero attached hydrogens (tertiary/aromatic N) is 2. The number of aromatic nitrogens is 2. The van der Waals surface area contributed by atoms with Crippen LogP contribution < -0.4 is 20.1 Å². The van der Waals surface area contributed by atoms with Crippen molar-refractivity contribution in [1.29, 1.82) is 0 Å². The van der Waals surface area contributed by atoms with Crippen molar-refractivity contribution in [2.75, 3.05) is 24.9 Å². The van der Waals surface area contributed by atoms with Crippen LogP contribution in [0.1, 0.15) is 17.3 Å². The van der Waals surface area contributed by atoms with E-state index in [0.29, 0.717) is 28.8 Å². The first-order valence-electron chi connectivity index (χ1n) is 8.29. The topological polar surface area (TPSA) is 85.4 Å². The minimum atomic E-state index is 0.0000978. The van der Waals surface area contributed by atoms with Crippen LogP contribution in [0.4, 0.5) is 23.1 Å². The molecule has 0 unspecified atom stereocenters. The van der Waals surface area contributed by atoms with Crippen molar-refractivity contribution in [3.05, 3.63) is 60.3 Å². The maximum Gasteiger partial charge on any atom is 0.229 e. The molecule has 0 atom stereocenters. The Kier molecular flexibility index (Phi) is 5.51. The number of methoxy groups -OCH3 is 2. The largest absolute Gasteiger partial charge is 0.497 e. The van der Waals surface area contributed by atoms with Gasteiger partial charge in [-0.15, -0.1) is 0 Å². The molecule has 0 spiro atoms. The van der Waals surface area contributed by atoms with Crippen LogP contribution in [0.25, 0.3) is 0 Å². The van der Waals surface area contributed by atoms with Gasteiger partial charge in [-0.05, 0) is 37.3 Å². The highest BCUT2D eigenvalue weighted by Crippen LogP contribution is 2.31. The van der Waals surface area contributed by atoms with Gasteiger partial charge in [0.15, 0.2) is 5.78 Å². The minimum Gasteiger partial charge on any atom is -0.497 e. The van der Waals surface area contributed by atoms with Gasteiger partial charge in [-0.25, -0.2) is 4.98 Å². The Bertz CT molecular complexity index is 959. The Balaban J connectivity index is 1.82. The fraction of sp³-hybridized carbons (Fsp3) is 0.150. The standard InChI is InChI=1S/C20H20N4O3/c1-13(25)14-5-4-6-15(11-14)22-20-21-10-9-19(24-20)23-17-12-16(26-2)7-8-18(17)27-3/h4-12H,1-3H3,(H2,21,22,23,24). The molecule has 0 aliphatic rings. The van der Waals surface area contributed by atoms with E-state index in [1.54, 1.807) is 38.6 Å². The van der Waals surface area contributed by atoms with Crippen molar-refractivity contribution in [3.8, 4) is 11.5 Å². The summed E-state index contributed by atoms with van der Waals surface area (Å²) in [5.74, 6) is 2.36. The van der Waals surface area contributed by atoms with Gasteiger partial charge < -0.3 is 20.1 Å². The van der Waals surface area contributed by atoms with Crippen LogP contribution >= 0.6 is 0 Å². The molecule has 0 aliphatic heterocycles.